The van der Waals surface area contributed by atoms with Gasteiger partial charge in [0.1, 0.15) is 0 Å². The van der Waals surface area contributed by atoms with Crippen LogP contribution in [0.5, 0.6) is 0 Å². The van der Waals surface area contributed by atoms with Gasteiger partial charge in [-0.15, -0.1) is 11.3 Å². The zero-order chi connectivity index (χ0) is 22.7. The third-order valence-corrected chi connectivity index (χ3v) is 8.39. The van der Waals surface area contributed by atoms with E-state index in [1.165, 1.54) is 29.0 Å². The molecule has 1 N–H and O–H groups in total. The number of rotatable bonds is 7. The summed E-state index contributed by atoms with van der Waals surface area (Å²) in [7, 11) is 0. The number of nitrogens with zero attached hydrogens (tertiary/aromatic N) is 3. The van der Waals surface area contributed by atoms with Crippen molar-refractivity contribution in [2.75, 3.05) is 26.2 Å². The molecule has 2 atom stereocenters. The predicted molar refractivity (Wildman–Crippen MR) is 130 cm³/mol. The van der Waals surface area contributed by atoms with Gasteiger partial charge in [0.25, 0.3) is 5.91 Å². The zero-order valence-corrected chi connectivity index (χ0v) is 19.8. The van der Waals surface area contributed by atoms with E-state index in [0.29, 0.717) is 18.7 Å². The molecule has 174 valence electrons. The number of likely N-dealkylation sites (tertiary alicyclic amines) is 1. The zero-order valence-electron chi connectivity index (χ0n) is 19.0. The first-order valence-electron chi connectivity index (χ1n) is 12.1. The summed E-state index contributed by atoms with van der Waals surface area (Å²) in [6, 6.07) is 9.41. The number of imide groups is 1. The largest absolute Gasteiger partial charge is 0.325 e. The SMILES string of the molecule is O=C1N[C@](c2ccccn2)(C2CCN(C[C@H]3CC=CCC3)CC2)C(=O)N1CCc1cccs1. The van der Waals surface area contributed by atoms with E-state index in [-0.39, 0.29) is 17.9 Å². The fraction of sp³-hybridized carbons (Fsp3) is 0.500. The highest BCUT2D eigenvalue weighted by atomic mass is 32.1. The van der Waals surface area contributed by atoms with E-state index in [0.717, 1.165) is 38.4 Å². The first-order chi connectivity index (χ1) is 16.2. The molecule has 5 rings (SSSR count). The topological polar surface area (TPSA) is 65.5 Å². The maximum absolute atomic E-state index is 13.9. The van der Waals surface area contributed by atoms with Crippen LogP contribution in [0.4, 0.5) is 4.79 Å². The molecule has 2 aromatic heterocycles. The van der Waals surface area contributed by atoms with E-state index in [1.54, 1.807) is 17.5 Å². The molecule has 4 heterocycles. The monoisotopic (exact) mass is 464 g/mol. The Morgan fingerprint density at radius 2 is 1.97 bits per heavy atom. The number of amides is 3. The van der Waals surface area contributed by atoms with Crippen LogP contribution in [0.2, 0.25) is 0 Å². The number of hydrogen-bond donors (Lipinski definition) is 1. The molecule has 0 aromatic carbocycles. The lowest BCUT2D eigenvalue weighted by atomic mass is 9.75. The molecule has 2 aliphatic heterocycles. The minimum atomic E-state index is -1.06. The van der Waals surface area contributed by atoms with Gasteiger partial charge in [-0.05, 0) is 87.0 Å². The van der Waals surface area contributed by atoms with E-state index in [1.807, 2.05) is 35.7 Å². The highest BCUT2D eigenvalue weighted by Crippen LogP contribution is 2.41. The van der Waals surface area contributed by atoms with Crippen molar-refractivity contribution in [3.05, 3.63) is 64.6 Å². The summed E-state index contributed by atoms with van der Waals surface area (Å²) in [6.07, 6.45) is 12.4. The average molecular weight is 465 g/mol. The molecule has 7 heteroatoms. The minimum absolute atomic E-state index is 0.0399. The third-order valence-electron chi connectivity index (χ3n) is 7.46. The number of pyridine rings is 1. The fourth-order valence-corrected chi connectivity index (χ4v) is 6.36. The molecule has 2 saturated heterocycles. The van der Waals surface area contributed by atoms with Crippen molar-refractivity contribution in [2.45, 2.75) is 44.1 Å². The van der Waals surface area contributed by atoms with Gasteiger partial charge in [-0.25, -0.2) is 4.79 Å². The molecule has 2 fully saturated rings. The lowest BCUT2D eigenvalue weighted by Gasteiger charge is -2.41. The first kappa shape index (κ1) is 22.3. The molecule has 3 amide bonds. The first-order valence-corrected chi connectivity index (χ1v) is 13.0. The van der Waals surface area contributed by atoms with Gasteiger partial charge in [0.2, 0.25) is 0 Å². The van der Waals surface area contributed by atoms with Crippen LogP contribution in [0, 0.1) is 11.8 Å². The molecule has 0 radical (unpaired) electrons. The van der Waals surface area contributed by atoms with Crippen LogP contribution >= 0.6 is 11.3 Å². The van der Waals surface area contributed by atoms with Gasteiger partial charge in [0, 0.05) is 24.2 Å². The fourth-order valence-electron chi connectivity index (χ4n) is 5.67. The number of hydrogen-bond acceptors (Lipinski definition) is 5. The summed E-state index contributed by atoms with van der Waals surface area (Å²) in [4.78, 5) is 36.6. The number of urea groups is 1. The van der Waals surface area contributed by atoms with Crippen LogP contribution in [-0.4, -0.2) is 52.9 Å². The molecule has 3 aliphatic rings. The van der Waals surface area contributed by atoms with E-state index in [2.05, 4.69) is 27.4 Å². The van der Waals surface area contributed by atoms with Gasteiger partial charge in [0.15, 0.2) is 5.54 Å². The van der Waals surface area contributed by atoms with Gasteiger partial charge in [-0.3, -0.25) is 14.7 Å². The van der Waals surface area contributed by atoms with Crippen molar-refractivity contribution in [2.24, 2.45) is 11.8 Å². The van der Waals surface area contributed by atoms with Gasteiger partial charge >= 0.3 is 6.03 Å². The van der Waals surface area contributed by atoms with Crippen LogP contribution in [0.3, 0.4) is 0 Å². The van der Waals surface area contributed by atoms with E-state index >= 15 is 0 Å². The van der Waals surface area contributed by atoms with Crippen LogP contribution in [0.1, 0.15) is 42.7 Å². The Labute approximate surface area is 199 Å². The number of nitrogens with one attached hydrogen (secondary N) is 1. The summed E-state index contributed by atoms with van der Waals surface area (Å²) < 4.78 is 0. The quantitative estimate of drug-likeness (QED) is 0.493. The molecular weight excluding hydrogens is 432 g/mol. The van der Waals surface area contributed by atoms with Crippen molar-refractivity contribution >= 4 is 23.3 Å². The molecule has 33 heavy (non-hydrogen) atoms. The molecule has 2 aromatic rings. The second-order valence-electron chi connectivity index (χ2n) is 9.46. The molecule has 1 aliphatic carbocycles. The van der Waals surface area contributed by atoms with Gasteiger partial charge in [-0.2, -0.15) is 0 Å². The minimum Gasteiger partial charge on any atom is -0.318 e. The Morgan fingerprint density at radius 3 is 2.67 bits per heavy atom. The van der Waals surface area contributed by atoms with Crippen LogP contribution in [0.15, 0.2) is 54.1 Å². The van der Waals surface area contributed by atoms with Crippen molar-refractivity contribution in [3.8, 4) is 0 Å². The van der Waals surface area contributed by atoms with Gasteiger partial charge < -0.3 is 10.2 Å². The number of piperidine rings is 1. The molecule has 0 saturated carbocycles. The smallest absolute Gasteiger partial charge is 0.318 e. The van der Waals surface area contributed by atoms with Crippen LogP contribution < -0.4 is 5.32 Å². The maximum atomic E-state index is 13.9. The molecule has 0 spiro atoms. The predicted octanol–water partition coefficient (Wildman–Crippen LogP) is 4.20. The second-order valence-corrected chi connectivity index (χ2v) is 10.5. The Hall–Kier alpha value is -2.51. The highest BCUT2D eigenvalue weighted by Gasteiger charge is 2.57. The van der Waals surface area contributed by atoms with Crippen LogP contribution in [0.25, 0.3) is 0 Å². The van der Waals surface area contributed by atoms with E-state index in [4.69, 9.17) is 0 Å². The number of carbonyl (C=O) groups excluding carboxylic acids is 2. The molecular formula is C26H32N4O2S. The van der Waals surface area contributed by atoms with Crippen molar-refractivity contribution < 1.29 is 9.59 Å². The lowest BCUT2D eigenvalue weighted by Crippen LogP contribution is -2.54. The van der Waals surface area contributed by atoms with E-state index < -0.39 is 5.54 Å². The molecule has 0 unspecified atom stereocenters. The highest BCUT2D eigenvalue weighted by molar-refractivity contribution is 7.09. The van der Waals surface area contributed by atoms with Crippen molar-refractivity contribution in [1.82, 2.24) is 20.1 Å². The standard InChI is InChI=1S/C26H32N4O2S/c31-24-26(23-10-4-5-14-27-23,28-25(32)30(24)17-13-22-9-6-18-33-22)21-11-15-29(16-12-21)19-20-7-2-1-3-8-20/h1-2,4-6,9-10,14,18,20-21H,3,7-8,11-13,15-17,19H2,(H,28,32)/t20-,26-/m0/s1. The second kappa shape index (κ2) is 9.77. The Morgan fingerprint density at radius 1 is 1.09 bits per heavy atom. The van der Waals surface area contributed by atoms with Gasteiger partial charge in [0.05, 0.1) is 5.69 Å². The number of aromatic nitrogens is 1. The molecule has 6 nitrogen and oxygen atoms in total. The van der Waals surface area contributed by atoms with Gasteiger partial charge in [-0.1, -0.05) is 24.3 Å². The summed E-state index contributed by atoms with van der Waals surface area (Å²) >= 11 is 1.66. The Bertz CT molecular complexity index is 985. The van der Waals surface area contributed by atoms with E-state index in [9.17, 15) is 9.59 Å². The lowest BCUT2D eigenvalue weighted by molar-refractivity contribution is -0.134. The summed E-state index contributed by atoms with van der Waals surface area (Å²) in [6.45, 7) is 3.43. The van der Waals surface area contributed by atoms with Crippen LogP contribution in [-0.2, 0) is 16.8 Å². The number of thiophene rings is 1. The summed E-state index contributed by atoms with van der Waals surface area (Å²) in [5, 5.41) is 5.15. The Balaban J connectivity index is 1.33. The van der Waals surface area contributed by atoms with Crippen molar-refractivity contribution in [3.63, 3.8) is 0 Å². The normalized spacial score (nSPS) is 26.7. The Kier molecular flexibility index (Phi) is 6.60. The number of allylic oxidation sites excluding steroid dienone is 2. The summed E-state index contributed by atoms with van der Waals surface area (Å²) in [5.74, 6) is 0.633. The van der Waals surface area contributed by atoms with Crippen molar-refractivity contribution in [1.29, 1.82) is 0 Å². The summed E-state index contributed by atoms with van der Waals surface area (Å²) in [5.41, 5.74) is -0.397. The third kappa shape index (κ3) is 4.49. The average Bonchev–Trinajstić information content (AvgIpc) is 3.46. The number of carbonyl (C=O) groups is 2. The maximum Gasteiger partial charge on any atom is 0.325 e. The molecule has 0 bridgehead atoms.